The van der Waals surface area contributed by atoms with Crippen LogP contribution < -0.4 is 5.56 Å². The minimum absolute atomic E-state index is 0.0607. The molecule has 0 aliphatic heterocycles. The molecule has 1 aromatic carbocycles. The van der Waals surface area contributed by atoms with Gasteiger partial charge in [0.05, 0.1) is 12.1 Å². The molecule has 1 heterocycles. The van der Waals surface area contributed by atoms with Crippen LogP contribution in [0, 0.1) is 18.6 Å². The van der Waals surface area contributed by atoms with E-state index >= 15 is 0 Å². The molecule has 0 fully saturated rings. The lowest BCUT2D eigenvalue weighted by atomic mass is 10.1. The first-order valence-electron chi connectivity index (χ1n) is 6.41. The van der Waals surface area contributed by atoms with Crippen molar-refractivity contribution >= 4 is 18.2 Å². The van der Waals surface area contributed by atoms with E-state index in [1.54, 1.807) is 6.07 Å². The zero-order valence-electron chi connectivity index (χ0n) is 11.7. The molecule has 0 radical (unpaired) electrons. The van der Waals surface area contributed by atoms with E-state index in [1.165, 1.54) is 4.57 Å². The fourth-order valence-electron chi connectivity index (χ4n) is 2.02. The van der Waals surface area contributed by atoms with Crippen LogP contribution in [0.3, 0.4) is 0 Å². The summed E-state index contributed by atoms with van der Waals surface area (Å²) in [6.07, 6.45) is -0.0925. The molecule has 0 saturated heterocycles. The topological polar surface area (TPSA) is 88.0 Å². The largest absolute Gasteiger partial charge is 0.481 e. The Balaban J connectivity index is 2.61. The molecule has 0 saturated carbocycles. The number of nitrogens with zero attached hydrogens (tertiary/aromatic N) is 2. The van der Waals surface area contributed by atoms with Crippen molar-refractivity contribution in [1.29, 1.82) is 0 Å². The van der Waals surface area contributed by atoms with Crippen LogP contribution in [0.15, 0.2) is 23.0 Å². The van der Waals surface area contributed by atoms with E-state index in [0.717, 1.165) is 11.1 Å². The lowest BCUT2D eigenvalue weighted by Gasteiger charge is -2.12. The highest BCUT2D eigenvalue weighted by Crippen LogP contribution is 2.16. The third-order valence-corrected chi connectivity index (χ3v) is 3.61. The molecule has 2 N–H and O–H groups in total. The molecule has 0 spiro atoms. The Morgan fingerprint density at radius 1 is 1.43 bits per heavy atom. The first kappa shape index (κ1) is 15.1. The SMILES string of the molecule is Cc1cccc(-n2c(=S)[nH]nc(CCC(=O)O)c2=O)c1C. The second-order valence-corrected chi connectivity index (χ2v) is 5.12. The van der Waals surface area contributed by atoms with Crippen LogP contribution in [0.2, 0.25) is 0 Å². The molecule has 6 nitrogen and oxygen atoms in total. The van der Waals surface area contributed by atoms with Gasteiger partial charge in [-0.25, -0.2) is 0 Å². The van der Waals surface area contributed by atoms with Crippen LogP contribution in [0.1, 0.15) is 23.2 Å². The summed E-state index contributed by atoms with van der Waals surface area (Å²) in [5, 5.41) is 15.2. The number of carboxylic acid groups (broad SMARTS) is 1. The van der Waals surface area contributed by atoms with Crippen LogP contribution in [0.25, 0.3) is 5.69 Å². The maximum absolute atomic E-state index is 12.5. The minimum Gasteiger partial charge on any atom is -0.481 e. The summed E-state index contributed by atoms with van der Waals surface area (Å²) < 4.78 is 1.55. The van der Waals surface area contributed by atoms with E-state index in [-0.39, 0.29) is 28.9 Å². The van der Waals surface area contributed by atoms with Crippen molar-refractivity contribution in [3.63, 3.8) is 0 Å². The maximum atomic E-state index is 12.5. The van der Waals surface area contributed by atoms with Gasteiger partial charge >= 0.3 is 5.97 Å². The molecule has 0 aliphatic rings. The van der Waals surface area contributed by atoms with Crippen molar-refractivity contribution in [1.82, 2.24) is 14.8 Å². The first-order chi connectivity index (χ1) is 9.91. The van der Waals surface area contributed by atoms with Crippen LogP contribution in [-0.2, 0) is 11.2 Å². The molecule has 0 bridgehead atoms. The Hall–Kier alpha value is -2.28. The fraction of sp³-hybridized carbons (Fsp3) is 0.286. The lowest BCUT2D eigenvalue weighted by Crippen LogP contribution is -2.27. The third-order valence-electron chi connectivity index (χ3n) is 3.33. The number of aryl methyl sites for hydroxylation is 2. The number of hydrogen-bond donors (Lipinski definition) is 2. The van der Waals surface area contributed by atoms with Crippen LogP contribution in [-0.4, -0.2) is 25.8 Å². The van der Waals surface area contributed by atoms with Crippen molar-refractivity contribution in [2.75, 3.05) is 0 Å². The Labute approximate surface area is 126 Å². The monoisotopic (exact) mass is 305 g/mol. The molecular weight excluding hydrogens is 290 g/mol. The second-order valence-electron chi connectivity index (χ2n) is 4.73. The van der Waals surface area contributed by atoms with Crippen molar-refractivity contribution < 1.29 is 9.90 Å². The number of carbonyl (C=O) groups is 1. The predicted octanol–water partition coefficient (Wildman–Crippen LogP) is 1.92. The molecule has 2 aromatic rings. The van der Waals surface area contributed by atoms with Crippen LogP contribution in [0.5, 0.6) is 0 Å². The van der Waals surface area contributed by atoms with Gasteiger partial charge in [-0.05, 0) is 43.3 Å². The number of rotatable bonds is 4. The van der Waals surface area contributed by atoms with E-state index in [4.69, 9.17) is 17.3 Å². The molecular formula is C14H15N3O3S. The summed E-state index contributed by atoms with van der Waals surface area (Å²) in [5.41, 5.74) is 2.44. The van der Waals surface area contributed by atoms with Crippen molar-refractivity contribution in [2.45, 2.75) is 26.7 Å². The summed E-state index contributed by atoms with van der Waals surface area (Å²) in [7, 11) is 0. The summed E-state index contributed by atoms with van der Waals surface area (Å²) in [6.45, 7) is 3.85. The Morgan fingerprint density at radius 3 is 2.81 bits per heavy atom. The maximum Gasteiger partial charge on any atom is 0.303 e. The van der Waals surface area contributed by atoms with Gasteiger partial charge in [-0.1, -0.05) is 12.1 Å². The number of benzene rings is 1. The summed E-state index contributed by atoms with van der Waals surface area (Å²) in [5.74, 6) is -0.975. The molecule has 7 heteroatoms. The summed E-state index contributed by atoms with van der Waals surface area (Å²) in [6, 6.07) is 5.59. The number of carboxylic acids is 1. The van der Waals surface area contributed by atoms with Gasteiger partial charge in [-0.2, -0.15) is 5.10 Å². The summed E-state index contributed by atoms with van der Waals surface area (Å²) in [4.78, 5) is 23.1. The van der Waals surface area contributed by atoms with Crippen LogP contribution in [0.4, 0.5) is 0 Å². The molecule has 0 unspecified atom stereocenters. The normalized spacial score (nSPS) is 10.6. The number of aromatic nitrogens is 3. The van der Waals surface area contributed by atoms with E-state index in [2.05, 4.69) is 10.2 Å². The number of H-pyrrole nitrogens is 1. The third kappa shape index (κ3) is 3.08. The average Bonchev–Trinajstić information content (AvgIpc) is 2.42. The Morgan fingerprint density at radius 2 is 2.14 bits per heavy atom. The molecule has 0 aliphatic carbocycles. The second kappa shape index (κ2) is 6.01. The number of hydrogen-bond acceptors (Lipinski definition) is 4. The molecule has 1 aromatic heterocycles. The van der Waals surface area contributed by atoms with Gasteiger partial charge in [0.15, 0.2) is 0 Å². The van der Waals surface area contributed by atoms with Crippen LogP contribution >= 0.6 is 12.2 Å². The quantitative estimate of drug-likeness (QED) is 0.843. The molecule has 21 heavy (non-hydrogen) atoms. The number of aliphatic carboxylic acids is 1. The van der Waals surface area contributed by atoms with Crippen molar-refractivity contribution in [3.05, 3.63) is 50.1 Å². The summed E-state index contributed by atoms with van der Waals surface area (Å²) >= 11 is 5.15. The van der Waals surface area contributed by atoms with Gasteiger partial charge in [0.25, 0.3) is 5.56 Å². The fourth-order valence-corrected chi connectivity index (χ4v) is 2.25. The van der Waals surface area contributed by atoms with Gasteiger partial charge in [0.1, 0.15) is 5.69 Å². The highest BCUT2D eigenvalue weighted by molar-refractivity contribution is 7.71. The van der Waals surface area contributed by atoms with Crippen molar-refractivity contribution in [2.24, 2.45) is 0 Å². The minimum atomic E-state index is -0.975. The molecule has 0 amide bonds. The van der Waals surface area contributed by atoms with Gasteiger partial charge in [-0.3, -0.25) is 19.3 Å². The highest BCUT2D eigenvalue weighted by Gasteiger charge is 2.12. The van der Waals surface area contributed by atoms with Crippen molar-refractivity contribution in [3.8, 4) is 5.69 Å². The average molecular weight is 305 g/mol. The lowest BCUT2D eigenvalue weighted by molar-refractivity contribution is -0.136. The molecule has 0 atom stereocenters. The predicted molar refractivity (Wildman–Crippen MR) is 80.4 cm³/mol. The highest BCUT2D eigenvalue weighted by atomic mass is 32.1. The van der Waals surface area contributed by atoms with E-state index in [0.29, 0.717) is 5.69 Å². The Bertz CT molecular complexity index is 808. The molecule has 110 valence electrons. The standard InChI is InChI=1S/C14H15N3O3S/c1-8-4-3-5-11(9(8)2)17-13(20)10(6-7-12(18)19)15-16-14(17)21/h3-5H,6-7H2,1-2H3,(H,16,21)(H,18,19). The number of aromatic amines is 1. The van der Waals surface area contributed by atoms with Gasteiger partial charge in [0.2, 0.25) is 4.77 Å². The van der Waals surface area contributed by atoms with Gasteiger partial charge in [-0.15, -0.1) is 0 Å². The smallest absolute Gasteiger partial charge is 0.303 e. The zero-order valence-corrected chi connectivity index (χ0v) is 12.5. The van der Waals surface area contributed by atoms with E-state index in [1.807, 2.05) is 26.0 Å². The van der Waals surface area contributed by atoms with E-state index in [9.17, 15) is 9.59 Å². The van der Waals surface area contributed by atoms with E-state index < -0.39 is 5.97 Å². The number of nitrogens with one attached hydrogen (secondary N) is 1. The Kier molecular flexibility index (Phi) is 4.32. The van der Waals surface area contributed by atoms with Gasteiger partial charge in [0, 0.05) is 6.42 Å². The molecule has 2 rings (SSSR count). The zero-order chi connectivity index (χ0) is 15.6. The first-order valence-corrected chi connectivity index (χ1v) is 6.81. The van der Waals surface area contributed by atoms with Gasteiger partial charge < -0.3 is 5.11 Å².